The lowest BCUT2D eigenvalue weighted by molar-refractivity contribution is -0.114. The number of anilines is 1. The van der Waals surface area contributed by atoms with Gasteiger partial charge in [-0.1, -0.05) is 17.8 Å². The first-order chi connectivity index (χ1) is 15.5. The maximum Gasteiger partial charge on any atom is 0.336 e. The van der Waals surface area contributed by atoms with Crippen molar-refractivity contribution in [2.24, 2.45) is 0 Å². The maximum atomic E-state index is 12.8. The van der Waals surface area contributed by atoms with E-state index in [2.05, 4.69) is 15.3 Å². The number of thiophene rings is 2. The van der Waals surface area contributed by atoms with Gasteiger partial charge in [0.15, 0.2) is 5.16 Å². The number of H-pyrrole nitrogens is 1. The Kier molecular flexibility index (Phi) is 5.41. The van der Waals surface area contributed by atoms with Crippen LogP contribution in [0.2, 0.25) is 0 Å². The molecule has 5 aromatic rings. The average molecular weight is 482 g/mol. The molecule has 2 N–H and O–H groups in total. The number of aromatic nitrogens is 2. The summed E-state index contributed by atoms with van der Waals surface area (Å²) < 4.78 is 5.30. The monoisotopic (exact) mass is 481 g/mol. The predicted molar refractivity (Wildman–Crippen MR) is 130 cm³/mol. The van der Waals surface area contributed by atoms with Crippen LogP contribution in [0.4, 0.5) is 5.69 Å². The first-order valence-electron chi connectivity index (χ1n) is 9.50. The van der Waals surface area contributed by atoms with Gasteiger partial charge in [-0.05, 0) is 29.1 Å². The molecule has 0 saturated carbocycles. The minimum atomic E-state index is -0.483. The van der Waals surface area contributed by atoms with Gasteiger partial charge in [0, 0.05) is 51.7 Å². The van der Waals surface area contributed by atoms with Gasteiger partial charge >= 0.3 is 5.63 Å². The molecule has 32 heavy (non-hydrogen) atoms. The molecule has 0 aliphatic heterocycles. The van der Waals surface area contributed by atoms with Crippen LogP contribution in [0.5, 0.6) is 0 Å². The van der Waals surface area contributed by atoms with Crippen molar-refractivity contribution in [3.05, 3.63) is 73.5 Å². The van der Waals surface area contributed by atoms with E-state index in [0.29, 0.717) is 32.4 Å². The summed E-state index contributed by atoms with van der Waals surface area (Å²) in [6, 6.07) is 10.5. The lowest BCUT2D eigenvalue weighted by atomic mass is 10.1. The van der Waals surface area contributed by atoms with E-state index in [1.165, 1.54) is 36.1 Å². The molecule has 160 valence electrons. The van der Waals surface area contributed by atoms with E-state index in [-0.39, 0.29) is 11.5 Å². The second-order valence-electron chi connectivity index (χ2n) is 6.95. The second kappa shape index (κ2) is 8.38. The molecule has 0 aliphatic rings. The summed E-state index contributed by atoms with van der Waals surface area (Å²) in [5.74, 6) is 0.207. The van der Waals surface area contributed by atoms with E-state index in [1.807, 2.05) is 22.9 Å². The van der Waals surface area contributed by atoms with Crippen LogP contribution >= 0.6 is 34.4 Å². The molecule has 0 spiro atoms. The fourth-order valence-electron chi connectivity index (χ4n) is 3.39. The van der Waals surface area contributed by atoms with Crippen LogP contribution in [0.3, 0.4) is 0 Å². The van der Waals surface area contributed by atoms with Crippen molar-refractivity contribution in [3.8, 4) is 10.4 Å². The molecule has 0 aliphatic carbocycles. The third-order valence-electron chi connectivity index (χ3n) is 4.72. The van der Waals surface area contributed by atoms with Gasteiger partial charge in [-0.3, -0.25) is 9.59 Å². The summed E-state index contributed by atoms with van der Waals surface area (Å²) in [4.78, 5) is 45.3. The zero-order chi connectivity index (χ0) is 22.2. The molecule has 4 heterocycles. The molecule has 10 heteroatoms. The fraction of sp³-hybridized carbons (Fsp3) is 0.0909. The molecule has 1 amide bonds. The summed E-state index contributed by atoms with van der Waals surface area (Å²) in [6.07, 6.45) is 0. The smallest absolute Gasteiger partial charge is 0.336 e. The van der Waals surface area contributed by atoms with Crippen molar-refractivity contribution in [2.75, 3.05) is 5.32 Å². The molecule has 5 rings (SSSR count). The van der Waals surface area contributed by atoms with Crippen molar-refractivity contribution in [1.29, 1.82) is 0 Å². The van der Waals surface area contributed by atoms with E-state index in [9.17, 15) is 14.4 Å². The number of nitrogens with zero attached hydrogens (tertiary/aromatic N) is 1. The number of benzene rings is 1. The van der Waals surface area contributed by atoms with Gasteiger partial charge in [0.05, 0.1) is 5.39 Å². The molecular formula is C22H15N3O4S3. The average Bonchev–Trinajstić information content (AvgIpc) is 3.41. The standard InChI is InChI=1S/C22H15N3O4S3/c1-11(26)23-13-4-5-14-12(7-18(27)29-16(14)8-13)9-32-22-24-20(28)19-15(10-31-21(19)25-22)17-3-2-6-30-17/h2-8,10H,9H2,1H3,(H,23,26)(H,24,25,28). The van der Waals surface area contributed by atoms with Crippen LogP contribution in [0, 0.1) is 0 Å². The van der Waals surface area contributed by atoms with Crippen molar-refractivity contribution >= 4 is 67.2 Å². The van der Waals surface area contributed by atoms with E-state index in [0.717, 1.165) is 21.4 Å². The number of carbonyl (C=O) groups excluding carboxylic acids is 1. The summed E-state index contributed by atoms with van der Waals surface area (Å²) >= 11 is 4.36. The number of aromatic amines is 1. The van der Waals surface area contributed by atoms with Crippen LogP contribution in [-0.2, 0) is 10.5 Å². The molecule has 4 aromatic heterocycles. The largest absolute Gasteiger partial charge is 0.423 e. The normalized spacial score (nSPS) is 11.3. The minimum absolute atomic E-state index is 0.181. The number of carbonyl (C=O) groups is 1. The Balaban J connectivity index is 1.46. The van der Waals surface area contributed by atoms with Crippen molar-refractivity contribution in [2.45, 2.75) is 17.8 Å². The molecular weight excluding hydrogens is 466 g/mol. The highest BCUT2D eigenvalue weighted by Crippen LogP contribution is 2.34. The van der Waals surface area contributed by atoms with Gasteiger partial charge in [0.1, 0.15) is 10.4 Å². The molecule has 0 radical (unpaired) electrons. The number of thioether (sulfide) groups is 1. The number of hydrogen-bond acceptors (Lipinski definition) is 8. The maximum absolute atomic E-state index is 12.8. The number of fused-ring (bicyclic) bond motifs is 2. The van der Waals surface area contributed by atoms with Gasteiger partial charge in [-0.15, -0.1) is 22.7 Å². The van der Waals surface area contributed by atoms with Gasteiger partial charge < -0.3 is 14.7 Å². The third kappa shape index (κ3) is 3.99. The number of nitrogens with one attached hydrogen (secondary N) is 2. The zero-order valence-corrected chi connectivity index (χ0v) is 19.1. The van der Waals surface area contributed by atoms with E-state index in [4.69, 9.17) is 4.42 Å². The van der Waals surface area contributed by atoms with Crippen molar-refractivity contribution in [1.82, 2.24) is 9.97 Å². The quantitative estimate of drug-likeness (QED) is 0.206. The highest BCUT2D eigenvalue weighted by Gasteiger charge is 2.15. The summed E-state index contributed by atoms with van der Waals surface area (Å²) in [6.45, 7) is 1.41. The Morgan fingerprint density at radius 3 is 2.88 bits per heavy atom. The lowest BCUT2D eigenvalue weighted by Crippen LogP contribution is -2.08. The van der Waals surface area contributed by atoms with Gasteiger partial charge in [-0.2, -0.15) is 0 Å². The van der Waals surface area contributed by atoms with Crippen LogP contribution in [0.15, 0.2) is 66.3 Å². The Morgan fingerprint density at radius 1 is 1.22 bits per heavy atom. The van der Waals surface area contributed by atoms with Gasteiger partial charge in [0.25, 0.3) is 5.56 Å². The number of amides is 1. The SMILES string of the molecule is CC(=O)Nc1ccc2c(CSc3nc4scc(-c5cccs5)c4c(=O)[nH]3)cc(=O)oc2c1. The topological polar surface area (TPSA) is 105 Å². The van der Waals surface area contributed by atoms with Crippen LogP contribution in [-0.4, -0.2) is 15.9 Å². The highest BCUT2D eigenvalue weighted by atomic mass is 32.2. The van der Waals surface area contributed by atoms with Crippen LogP contribution in [0.25, 0.3) is 31.6 Å². The third-order valence-corrected chi connectivity index (χ3v) is 7.42. The minimum Gasteiger partial charge on any atom is -0.423 e. The summed E-state index contributed by atoms with van der Waals surface area (Å²) in [5, 5.41) is 8.44. The van der Waals surface area contributed by atoms with Crippen molar-refractivity contribution < 1.29 is 9.21 Å². The van der Waals surface area contributed by atoms with E-state index in [1.54, 1.807) is 29.5 Å². The Bertz CT molecular complexity index is 1580. The summed E-state index contributed by atoms with van der Waals surface area (Å²) in [7, 11) is 0. The molecule has 7 nitrogen and oxygen atoms in total. The molecule has 0 atom stereocenters. The number of rotatable bonds is 5. The second-order valence-corrected chi connectivity index (χ2v) is 9.72. The summed E-state index contributed by atoms with van der Waals surface area (Å²) in [5.41, 5.74) is 1.92. The van der Waals surface area contributed by atoms with E-state index < -0.39 is 5.63 Å². The van der Waals surface area contributed by atoms with Gasteiger partial charge in [-0.25, -0.2) is 9.78 Å². The molecule has 0 bridgehead atoms. The molecule has 0 saturated heterocycles. The molecule has 0 unspecified atom stereocenters. The Morgan fingerprint density at radius 2 is 2.09 bits per heavy atom. The van der Waals surface area contributed by atoms with Crippen LogP contribution in [0.1, 0.15) is 12.5 Å². The highest BCUT2D eigenvalue weighted by molar-refractivity contribution is 7.98. The predicted octanol–water partition coefficient (Wildman–Crippen LogP) is 5.07. The number of hydrogen-bond donors (Lipinski definition) is 2. The molecule has 0 fully saturated rings. The fourth-order valence-corrected chi connectivity index (χ4v) is 6.06. The van der Waals surface area contributed by atoms with E-state index >= 15 is 0 Å². The van der Waals surface area contributed by atoms with Crippen molar-refractivity contribution in [3.63, 3.8) is 0 Å². The van der Waals surface area contributed by atoms with Gasteiger partial charge in [0.2, 0.25) is 5.91 Å². The first-order valence-corrected chi connectivity index (χ1v) is 12.2. The molecule has 1 aromatic carbocycles. The lowest BCUT2D eigenvalue weighted by Gasteiger charge is -2.07. The Labute approximate surface area is 193 Å². The van der Waals surface area contributed by atoms with Crippen LogP contribution < -0.4 is 16.5 Å². The Hall–Kier alpha value is -3.21. The first kappa shape index (κ1) is 20.7. The zero-order valence-electron chi connectivity index (χ0n) is 16.6.